The highest BCUT2D eigenvalue weighted by atomic mass is 16.6. The Kier molecular flexibility index (Phi) is 3.82. The van der Waals surface area contributed by atoms with Crippen LogP contribution in [-0.2, 0) is 9.53 Å². The summed E-state index contributed by atoms with van der Waals surface area (Å²) in [6.45, 7) is -0.742. The zero-order chi connectivity index (χ0) is 11.3. The Balaban J connectivity index is 2.67. The van der Waals surface area contributed by atoms with Gasteiger partial charge in [0.1, 0.15) is 0 Å². The molecular formula is C10H10O5. The topological polar surface area (TPSA) is 83.8 Å². The lowest BCUT2D eigenvalue weighted by Gasteiger charge is -2.10. The van der Waals surface area contributed by atoms with Gasteiger partial charge >= 0.3 is 11.9 Å². The van der Waals surface area contributed by atoms with E-state index in [-0.39, 0.29) is 5.56 Å². The van der Waals surface area contributed by atoms with Crippen molar-refractivity contribution in [3.63, 3.8) is 0 Å². The predicted molar refractivity (Wildman–Crippen MR) is 50.4 cm³/mol. The van der Waals surface area contributed by atoms with Crippen molar-refractivity contribution in [2.75, 3.05) is 6.61 Å². The maximum atomic E-state index is 11.3. The number of rotatable bonds is 4. The van der Waals surface area contributed by atoms with Crippen molar-refractivity contribution in [2.24, 2.45) is 0 Å². The lowest BCUT2D eigenvalue weighted by Crippen LogP contribution is -2.30. The van der Waals surface area contributed by atoms with Gasteiger partial charge in [-0.05, 0) is 12.1 Å². The van der Waals surface area contributed by atoms with Crippen molar-refractivity contribution < 1.29 is 24.5 Å². The average molecular weight is 210 g/mol. The van der Waals surface area contributed by atoms with Crippen LogP contribution in [0.2, 0.25) is 0 Å². The predicted octanol–water partition coefficient (Wildman–Crippen LogP) is 0.289. The minimum atomic E-state index is -1.52. The van der Waals surface area contributed by atoms with Crippen LogP contribution in [0.3, 0.4) is 0 Å². The van der Waals surface area contributed by atoms with Crippen LogP contribution in [0.25, 0.3) is 0 Å². The fraction of sp³-hybridized carbons (Fsp3) is 0.200. The van der Waals surface area contributed by atoms with Crippen molar-refractivity contribution in [2.45, 2.75) is 6.10 Å². The molecule has 1 unspecified atom stereocenters. The van der Waals surface area contributed by atoms with Crippen LogP contribution in [0.4, 0.5) is 0 Å². The number of aliphatic hydroxyl groups excluding tert-OH is 1. The summed E-state index contributed by atoms with van der Waals surface area (Å²) in [6.07, 6.45) is -1.52. The van der Waals surface area contributed by atoms with Gasteiger partial charge in [-0.3, -0.25) is 0 Å². The number of carbonyl (C=O) groups is 2. The molecular weight excluding hydrogens is 200 g/mol. The second kappa shape index (κ2) is 5.11. The first-order valence-electron chi connectivity index (χ1n) is 4.25. The molecule has 0 heterocycles. The largest absolute Gasteiger partial charge is 0.478 e. The van der Waals surface area contributed by atoms with Crippen LogP contribution >= 0.6 is 0 Å². The maximum absolute atomic E-state index is 11.3. The van der Waals surface area contributed by atoms with Gasteiger partial charge in [0.05, 0.1) is 12.2 Å². The number of ether oxygens (including phenoxy) is 1. The molecule has 0 radical (unpaired) electrons. The number of hydrogen-bond acceptors (Lipinski definition) is 4. The van der Waals surface area contributed by atoms with Crippen molar-refractivity contribution in [1.29, 1.82) is 0 Å². The van der Waals surface area contributed by atoms with E-state index in [4.69, 9.17) is 10.2 Å². The smallest absolute Gasteiger partial charge is 0.347 e. The molecule has 0 saturated carbocycles. The number of carboxylic acid groups (broad SMARTS) is 1. The SMILES string of the molecule is O=C(OC(CO)C(=O)O)c1ccccc1. The van der Waals surface area contributed by atoms with Crippen molar-refractivity contribution in [3.05, 3.63) is 35.9 Å². The quantitative estimate of drug-likeness (QED) is 0.698. The minimum absolute atomic E-state index is 0.247. The van der Waals surface area contributed by atoms with Gasteiger partial charge in [0.2, 0.25) is 6.10 Å². The van der Waals surface area contributed by atoms with Crippen molar-refractivity contribution in [1.82, 2.24) is 0 Å². The van der Waals surface area contributed by atoms with Crippen LogP contribution in [0.5, 0.6) is 0 Å². The third kappa shape index (κ3) is 3.07. The number of aliphatic hydroxyl groups is 1. The molecule has 5 heteroatoms. The van der Waals surface area contributed by atoms with E-state index in [9.17, 15) is 9.59 Å². The van der Waals surface area contributed by atoms with E-state index in [0.29, 0.717) is 0 Å². The zero-order valence-corrected chi connectivity index (χ0v) is 7.79. The molecule has 0 amide bonds. The summed E-state index contributed by atoms with van der Waals surface area (Å²) >= 11 is 0. The number of carboxylic acids is 1. The van der Waals surface area contributed by atoms with E-state index in [1.54, 1.807) is 18.2 Å². The third-order valence-corrected chi connectivity index (χ3v) is 1.70. The summed E-state index contributed by atoms with van der Waals surface area (Å²) in [6, 6.07) is 7.98. The number of carbonyl (C=O) groups excluding carboxylic acids is 1. The second-order valence-electron chi connectivity index (χ2n) is 2.78. The lowest BCUT2D eigenvalue weighted by molar-refractivity contribution is -0.149. The van der Waals surface area contributed by atoms with E-state index >= 15 is 0 Å². The molecule has 1 aromatic rings. The Morgan fingerprint density at radius 3 is 2.33 bits per heavy atom. The van der Waals surface area contributed by atoms with Gasteiger partial charge in [-0.15, -0.1) is 0 Å². The van der Waals surface area contributed by atoms with Gasteiger partial charge in [0.15, 0.2) is 0 Å². The molecule has 0 aliphatic carbocycles. The van der Waals surface area contributed by atoms with Gasteiger partial charge in [-0.2, -0.15) is 0 Å². The molecule has 1 aromatic carbocycles. The first-order chi connectivity index (χ1) is 7.15. The van der Waals surface area contributed by atoms with Crippen LogP contribution in [-0.4, -0.2) is 34.9 Å². The van der Waals surface area contributed by atoms with Gasteiger partial charge in [0, 0.05) is 0 Å². The lowest BCUT2D eigenvalue weighted by atomic mass is 10.2. The Hall–Kier alpha value is -1.88. The van der Waals surface area contributed by atoms with Crippen molar-refractivity contribution in [3.8, 4) is 0 Å². The monoisotopic (exact) mass is 210 g/mol. The third-order valence-electron chi connectivity index (χ3n) is 1.70. The second-order valence-corrected chi connectivity index (χ2v) is 2.78. The van der Waals surface area contributed by atoms with Crippen molar-refractivity contribution >= 4 is 11.9 Å². The Morgan fingerprint density at radius 1 is 1.27 bits per heavy atom. The highest BCUT2D eigenvalue weighted by molar-refractivity contribution is 5.91. The average Bonchev–Trinajstić information content (AvgIpc) is 2.26. The summed E-state index contributed by atoms with van der Waals surface area (Å²) in [5.41, 5.74) is 0.247. The summed E-state index contributed by atoms with van der Waals surface area (Å²) in [4.78, 5) is 21.8. The molecule has 2 N–H and O–H groups in total. The standard InChI is InChI=1S/C10H10O5/c11-6-8(9(12)13)15-10(14)7-4-2-1-3-5-7/h1-5,8,11H,6H2,(H,12,13). The summed E-state index contributed by atoms with van der Waals surface area (Å²) in [7, 11) is 0. The van der Waals surface area contributed by atoms with Crippen LogP contribution in [0, 0.1) is 0 Å². The van der Waals surface area contributed by atoms with E-state index in [1.165, 1.54) is 12.1 Å². The van der Waals surface area contributed by atoms with Crippen LogP contribution in [0.1, 0.15) is 10.4 Å². The molecule has 0 aromatic heterocycles. The van der Waals surface area contributed by atoms with Gasteiger partial charge in [0.25, 0.3) is 0 Å². The highest BCUT2D eigenvalue weighted by Gasteiger charge is 2.21. The molecule has 0 saturated heterocycles. The molecule has 80 valence electrons. The molecule has 0 bridgehead atoms. The number of benzene rings is 1. The van der Waals surface area contributed by atoms with E-state index in [2.05, 4.69) is 4.74 Å². The number of aliphatic carboxylic acids is 1. The number of hydrogen-bond donors (Lipinski definition) is 2. The molecule has 1 atom stereocenters. The molecule has 5 nitrogen and oxygen atoms in total. The fourth-order valence-electron chi connectivity index (χ4n) is 0.937. The van der Waals surface area contributed by atoms with E-state index in [0.717, 1.165) is 0 Å². The molecule has 0 spiro atoms. The van der Waals surface area contributed by atoms with Crippen LogP contribution < -0.4 is 0 Å². The van der Waals surface area contributed by atoms with E-state index in [1.807, 2.05) is 0 Å². The zero-order valence-electron chi connectivity index (χ0n) is 7.79. The Morgan fingerprint density at radius 2 is 1.87 bits per heavy atom. The summed E-state index contributed by atoms with van der Waals surface area (Å²) < 4.78 is 4.56. The van der Waals surface area contributed by atoms with Gasteiger partial charge in [-0.25, -0.2) is 9.59 Å². The van der Waals surface area contributed by atoms with Gasteiger partial charge in [-0.1, -0.05) is 18.2 Å². The molecule has 0 fully saturated rings. The first kappa shape index (κ1) is 11.2. The van der Waals surface area contributed by atoms with Crippen LogP contribution in [0.15, 0.2) is 30.3 Å². The first-order valence-corrected chi connectivity index (χ1v) is 4.25. The summed E-state index contributed by atoms with van der Waals surface area (Å²) in [5.74, 6) is -2.14. The maximum Gasteiger partial charge on any atom is 0.347 e. The Labute approximate surface area is 85.9 Å². The fourth-order valence-corrected chi connectivity index (χ4v) is 0.937. The Bertz CT molecular complexity index is 346. The molecule has 0 aliphatic rings. The molecule has 0 aliphatic heterocycles. The minimum Gasteiger partial charge on any atom is -0.478 e. The van der Waals surface area contributed by atoms with Gasteiger partial charge < -0.3 is 14.9 Å². The normalized spacial score (nSPS) is 11.8. The molecule has 15 heavy (non-hydrogen) atoms. The number of esters is 1. The summed E-state index contributed by atoms with van der Waals surface area (Å²) in [5, 5.41) is 17.2. The van der Waals surface area contributed by atoms with E-state index < -0.39 is 24.6 Å². The highest BCUT2D eigenvalue weighted by Crippen LogP contribution is 2.03. The molecule has 1 rings (SSSR count).